The predicted octanol–water partition coefficient (Wildman–Crippen LogP) is 2.15. The van der Waals surface area contributed by atoms with Crippen molar-refractivity contribution < 1.29 is 0 Å². The van der Waals surface area contributed by atoms with Crippen LogP contribution in [0.4, 0.5) is 0 Å². The summed E-state index contributed by atoms with van der Waals surface area (Å²) in [6, 6.07) is 6.73. The fourth-order valence-electron chi connectivity index (χ4n) is 3.13. The quantitative estimate of drug-likeness (QED) is 0.795. The number of aromatic nitrogens is 1. The highest BCUT2D eigenvalue weighted by Gasteiger charge is 2.24. The summed E-state index contributed by atoms with van der Waals surface area (Å²) in [6.45, 7) is 12.4. The first-order chi connectivity index (χ1) is 10.3. The highest BCUT2D eigenvalue weighted by Crippen LogP contribution is 2.21. The van der Waals surface area contributed by atoms with Crippen molar-refractivity contribution in [1.82, 2.24) is 20.1 Å². The van der Waals surface area contributed by atoms with Gasteiger partial charge in [0.05, 0.1) is 11.7 Å². The number of hydrogen-bond acceptors (Lipinski definition) is 4. The highest BCUT2D eigenvalue weighted by atomic mass is 15.3. The molecule has 0 aliphatic carbocycles. The summed E-state index contributed by atoms with van der Waals surface area (Å²) in [5.41, 5.74) is 1.22. The van der Waals surface area contributed by atoms with Gasteiger partial charge in [-0.05, 0) is 38.1 Å². The van der Waals surface area contributed by atoms with Crippen molar-refractivity contribution in [3.05, 3.63) is 30.1 Å². The maximum absolute atomic E-state index is 4.64. The minimum absolute atomic E-state index is 0.423. The van der Waals surface area contributed by atoms with Gasteiger partial charge in [0.2, 0.25) is 0 Å². The van der Waals surface area contributed by atoms with Gasteiger partial charge in [0.1, 0.15) is 0 Å². The van der Waals surface area contributed by atoms with Crippen molar-refractivity contribution in [2.75, 3.05) is 45.8 Å². The third-order valence-corrected chi connectivity index (χ3v) is 4.13. The minimum Gasteiger partial charge on any atom is -0.314 e. The van der Waals surface area contributed by atoms with Gasteiger partial charge in [-0.25, -0.2) is 0 Å². The molecular formula is C17H30N4. The van der Waals surface area contributed by atoms with Crippen LogP contribution in [0.2, 0.25) is 0 Å². The van der Waals surface area contributed by atoms with E-state index in [1.165, 1.54) is 31.6 Å². The van der Waals surface area contributed by atoms with Crippen LogP contribution in [0.15, 0.2) is 24.4 Å². The summed E-state index contributed by atoms with van der Waals surface area (Å²) in [7, 11) is 0. The first-order valence-corrected chi connectivity index (χ1v) is 8.43. The summed E-state index contributed by atoms with van der Waals surface area (Å²) in [6.07, 6.45) is 4.36. The molecule has 0 aromatic carbocycles. The van der Waals surface area contributed by atoms with E-state index in [-0.39, 0.29) is 0 Å². The van der Waals surface area contributed by atoms with Gasteiger partial charge in [-0.15, -0.1) is 0 Å². The highest BCUT2D eigenvalue weighted by molar-refractivity contribution is 5.10. The van der Waals surface area contributed by atoms with Gasteiger partial charge >= 0.3 is 0 Å². The van der Waals surface area contributed by atoms with E-state index in [0.29, 0.717) is 6.04 Å². The van der Waals surface area contributed by atoms with E-state index < -0.39 is 0 Å². The van der Waals surface area contributed by atoms with Crippen molar-refractivity contribution in [3.8, 4) is 0 Å². The zero-order valence-electron chi connectivity index (χ0n) is 13.6. The van der Waals surface area contributed by atoms with E-state index in [1.54, 1.807) is 0 Å². The second kappa shape index (κ2) is 9.13. The Hall–Kier alpha value is -0.970. The fourth-order valence-corrected chi connectivity index (χ4v) is 3.13. The first kappa shape index (κ1) is 16.4. The van der Waals surface area contributed by atoms with Gasteiger partial charge in [-0.1, -0.05) is 19.9 Å². The standard InChI is InChI=1S/C17H30N4/c1-3-11-20(12-4-2)15-17(16-7-5-6-8-19-16)21-13-9-18-10-14-21/h5-8,17-18H,3-4,9-15H2,1-2H3. The SMILES string of the molecule is CCCN(CCC)CC(c1ccccn1)N1CCNCC1. The topological polar surface area (TPSA) is 31.4 Å². The van der Waals surface area contributed by atoms with Gasteiger partial charge in [0, 0.05) is 38.9 Å². The lowest BCUT2D eigenvalue weighted by Gasteiger charge is -2.37. The number of nitrogens with one attached hydrogen (secondary N) is 1. The lowest BCUT2D eigenvalue weighted by atomic mass is 10.1. The Labute approximate surface area is 129 Å². The van der Waals surface area contributed by atoms with Crippen LogP contribution in [0.5, 0.6) is 0 Å². The van der Waals surface area contributed by atoms with Crippen LogP contribution in [0.25, 0.3) is 0 Å². The largest absolute Gasteiger partial charge is 0.314 e. The third-order valence-electron chi connectivity index (χ3n) is 4.13. The zero-order chi connectivity index (χ0) is 14.9. The molecule has 4 heteroatoms. The van der Waals surface area contributed by atoms with Crippen molar-refractivity contribution >= 4 is 0 Å². The normalized spacial score (nSPS) is 18.0. The van der Waals surface area contributed by atoms with Crippen LogP contribution in [0.1, 0.15) is 38.4 Å². The first-order valence-electron chi connectivity index (χ1n) is 8.43. The van der Waals surface area contributed by atoms with E-state index in [0.717, 1.165) is 32.7 Å². The molecule has 0 saturated carbocycles. The van der Waals surface area contributed by atoms with Crippen LogP contribution in [-0.4, -0.2) is 60.6 Å². The monoisotopic (exact) mass is 290 g/mol. The van der Waals surface area contributed by atoms with E-state index in [9.17, 15) is 0 Å². The molecule has 4 nitrogen and oxygen atoms in total. The van der Waals surface area contributed by atoms with Crippen molar-refractivity contribution in [3.63, 3.8) is 0 Å². The Morgan fingerprint density at radius 1 is 1.19 bits per heavy atom. The van der Waals surface area contributed by atoms with Gasteiger partial charge in [0.15, 0.2) is 0 Å². The van der Waals surface area contributed by atoms with Crippen molar-refractivity contribution in [2.24, 2.45) is 0 Å². The molecule has 1 unspecified atom stereocenters. The molecule has 21 heavy (non-hydrogen) atoms. The Morgan fingerprint density at radius 3 is 2.48 bits per heavy atom. The zero-order valence-corrected chi connectivity index (χ0v) is 13.6. The fraction of sp³-hybridized carbons (Fsp3) is 0.706. The molecular weight excluding hydrogens is 260 g/mol. The average molecular weight is 290 g/mol. The minimum atomic E-state index is 0.423. The van der Waals surface area contributed by atoms with Gasteiger partial charge in [-0.3, -0.25) is 9.88 Å². The van der Waals surface area contributed by atoms with E-state index in [1.807, 2.05) is 12.3 Å². The Bertz CT molecular complexity index is 370. The molecule has 1 N–H and O–H groups in total. The molecule has 118 valence electrons. The van der Waals surface area contributed by atoms with E-state index >= 15 is 0 Å². The second-order valence-corrected chi connectivity index (χ2v) is 5.86. The van der Waals surface area contributed by atoms with Crippen LogP contribution < -0.4 is 5.32 Å². The summed E-state index contributed by atoms with van der Waals surface area (Å²) in [5.74, 6) is 0. The Balaban J connectivity index is 2.10. The van der Waals surface area contributed by atoms with Crippen molar-refractivity contribution in [2.45, 2.75) is 32.7 Å². The molecule has 1 fully saturated rings. The maximum Gasteiger partial charge on any atom is 0.0650 e. The van der Waals surface area contributed by atoms with Crippen LogP contribution in [-0.2, 0) is 0 Å². The predicted molar refractivity (Wildman–Crippen MR) is 88.4 cm³/mol. The maximum atomic E-state index is 4.64. The lowest BCUT2D eigenvalue weighted by Crippen LogP contribution is -2.48. The Kier molecular flexibility index (Phi) is 7.13. The number of nitrogens with zero attached hydrogens (tertiary/aromatic N) is 3. The molecule has 0 radical (unpaired) electrons. The van der Waals surface area contributed by atoms with Gasteiger partial charge < -0.3 is 10.2 Å². The number of pyridine rings is 1. The van der Waals surface area contributed by atoms with Crippen LogP contribution in [0.3, 0.4) is 0 Å². The van der Waals surface area contributed by atoms with E-state index in [2.05, 4.69) is 46.1 Å². The number of rotatable bonds is 8. The Morgan fingerprint density at radius 2 is 1.90 bits per heavy atom. The molecule has 1 aliphatic heterocycles. The smallest absolute Gasteiger partial charge is 0.0650 e. The molecule has 0 spiro atoms. The average Bonchev–Trinajstić information content (AvgIpc) is 2.54. The summed E-state index contributed by atoms with van der Waals surface area (Å²) in [4.78, 5) is 9.83. The van der Waals surface area contributed by atoms with Crippen molar-refractivity contribution in [1.29, 1.82) is 0 Å². The van der Waals surface area contributed by atoms with Crippen LogP contribution in [0, 0.1) is 0 Å². The molecule has 0 bridgehead atoms. The molecule has 0 amide bonds. The summed E-state index contributed by atoms with van der Waals surface area (Å²) in [5, 5.41) is 3.45. The molecule has 2 heterocycles. The van der Waals surface area contributed by atoms with E-state index in [4.69, 9.17) is 0 Å². The lowest BCUT2D eigenvalue weighted by molar-refractivity contribution is 0.121. The molecule has 1 atom stereocenters. The van der Waals surface area contributed by atoms with Gasteiger partial charge in [-0.2, -0.15) is 0 Å². The third kappa shape index (κ3) is 5.06. The van der Waals surface area contributed by atoms with Gasteiger partial charge in [0.25, 0.3) is 0 Å². The molecule has 2 rings (SSSR count). The number of hydrogen-bond donors (Lipinski definition) is 1. The molecule has 1 saturated heterocycles. The molecule has 1 aromatic heterocycles. The summed E-state index contributed by atoms with van der Waals surface area (Å²) < 4.78 is 0. The second-order valence-electron chi connectivity index (χ2n) is 5.86. The number of piperazine rings is 1. The van der Waals surface area contributed by atoms with Crippen LogP contribution >= 0.6 is 0 Å². The summed E-state index contributed by atoms with van der Waals surface area (Å²) >= 11 is 0. The molecule has 1 aliphatic rings. The molecule has 1 aromatic rings.